The van der Waals surface area contributed by atoms with Crippen LogP contribution in [-0.2, 0) is 24.3 Å². The van der Waals surface area contributed by atoms with Crippen LogP contribution < -0.4 is 4.74 Å². The molecule has 0 aromatic heterocycles. The lowest BCUT2D eigenvalue weighted by atomic mass is 9.94. The predicted octanol–water partition coefficient (Wildman–Crippen LogP) is 4.26. The monoisotopic (exact) mass is 383 g/mol. The number of aromatic carboxylic acids is 1. The number of fused-ring (bicyclic) bond motifs is 1. The number of carbonyl (C=O) groups excluding carboxylic acids is 1. The van der Waals surface area contributed by atoms with E-state index in [0.717, 1.165) is 11.1 Å². The highest BCUT2D eigenvalue weighted by Gasteiger charge is 2.30. The third kappa shape index (κ3) is 4.63. The molecule has 0 atom stereocenters. The number of ether oxygens (including phenoxy) is 2. The maximum absolute atomic E-state index is 12.4. The second-order valence-electron chi connectivity index (χ2n) is 7.80. The summed E-state index contributed by atoms with van der Waals surface area (Å²) in [5, 5.41) is 9.58. The van der Waals surface area contributed by atoms with E-state index >= 15 is 0 Å². The van der Waals surface area contributed by atoms with Crippen molar-refractivity contribution in [2.45, 2.75) is 45.9 Å². The molecule has 2 aromatic carbocycles. The zero-order chi connectivity index (χ0) is 20.3. The molecular weight excluding hydrogens is 358 g/mol. The maximum atomic E-state index is 12.4. The summed E-state index contributed by atoms with van der Waals surface area (Å²) in [6.45, 7) is 6.46. The van der Waals surface area contributed by atoms with Crippen molar-refractivity contribution in [1.29, 1.82) is 0 Å². The molecule has 3 rings (SSSR count). The average Bonchev–Trinajstić information content (AvgIpc) is 2.64. The van der Waals surface area contributed by atoms with Crippen molar-refractivity contribution in [2.24, 2.45) is 0 Å². The van der Waals surface area contributed by atoms with E-state index in [0.29, 0.717) is 30.9 Å². The summed E-state index contributed by atoms with van der Waals surface area (Å²) >= 11 is 0. The molecule has 0 spiro atoms. The van der Waals surface area contributed by atoms with Crippen LogP contribution in [0.3, 0.4) is 0 Å². The van der Waals surface area contributed by atoms with Gasteiger partial charge in [0.15, 0.2) is 0 Å². The highest BCUT2D eigenvalue weighted by molar-refractivity contribution is 5.90. The van der Waals surface area contributed by atoms with Gasteiger partial charge in [0.1, 0.15) is 18.0 Å². The third-order valence-corrected chi connectivity index (χ3v) is 4.49. The highest BCUT2D eigenvalue weighted by atomic mass is 16.6. The summed E-state index contributed by atoms with van der Waals surface area (Å²) in [5.74, 6) is -0.357. The fourth-order valence-electron chi connectivity index (χ4n) is 3.20. The van der Waals surface area contributed by atoms with Gasteiger partial charge in [-0.05, 0) is 50.5 Å². The van der Waals surface area contributed by atoms with Gasteiger partial charge in [-0.1, -0.05) is 30.3 Å². The van der Waals surface area contributed by atoms with E-state index in [-0.39, 0.29) is 12.1 Å². The second-order valence-corrected chi connectivity index (χ2v) is 7.80. The van der Waals surface area contributed by atoms with E-state index < -0.39 is 17.7 Å². The Morgan fingerprint density at radius 2 is 1.79 bits per heavy atom. The fourth-order valence-corrected chi connectivity index (χ4v) is 3.20. The largest absolute Gasteiger partial charge is 0.489 e. The molecule has 1 aliphatic heterocycles. The maximum Gasteiger partial charge on any atom is 0.410 e. The summed E-state index contributed by atoms with van der Waals surface area (Å²) in [7, 11) is 0. The molecule has 0 saturated carbocycles. The Morgan fingerprint density at radius 1 is 1.07 bits per heavy atom. The molecule has 0 fully saturated rings. The molecule has 0 bridgehead atoms. The minimum atomic E-state index is -1.02. The van der Waals surface area contributed by atoms with Gasteiger partial charge < -0.3 is 19.5 Å². The van der Waals surface area contributed by atoms with Crippen molar-refractivity contribution in [1.82, 2.24) is 4.90 Å². The number of hydrogen-bond donors (Lipinski definition) is 1. The van der Waals surface area contributed by atoms with Gasteiger partial charge >= 0.3 is 12.1 Å². The van der Waals surface area contributed by atoms with Gasteiger partial charge in [0, 0.05) is 12.1 Å². The van der Waals surface area contributed by atoms with E-state index in [9.17, 15) is 14.7 Å². The first-order chi connectivity index (χ1) is 13.2. The van der Waals surface area contributed by atoms with E-state index in [1.54, 1.807) is 37.8 Å². The van der Waals surface area contributed by atoms with Crippen LogP contribution in [0.2, 0.25) is 0 Å². The number of nitrogens with zero attached hydrogens (tertiary/aromatic N) is 1. The van der Waals surface area contributed by atoms with Crippen LogP contribution in [-0.4, -0.2) is 34.2 Å². The SMILES string of the molecule is CC(C)(C)OC(=O)N1CCc2c(OCc3ccccc3)ccc(C(=O)O)c2C1. The number of hydrogen-bond acceptors (Lipinski definition) is 4. The van der Waals surface area contributed by atoms with Crippen LogP contribution in [0, 0.1) is 0 Å². The standard InChI is InChI=1S/C22H25NO5/c1-22(2,3)28-21(26)23-12-11-16-18(13-23)17(20(24)25)9-10-19(16)27-14-15-7-5-4-6-8-15/h4-10H,11-14H2,1-3H3,(H,24,25). The normalized spacial score (nSPS) is 13.6. The Hall–Kier alpha value is -3.02. The molecule has 0 aliphatic carbocycles. The topological polar surface area (TPSA) is 76.1 Å². The third-order valence-electron chi connectivity index (χ3n) is 4.49. The van der Waals surface area contributed by atoms with Crippen LogP contribution in [0.15, 0.2) is 42.5 Å². The molecule has 1 aliphatic rings. The average molecular weight is 383 g/mol. The lowest BCUT2D eigenvalue weighted by Gasteiger charge is -2.32. The first-order valence-corrected chi connectivity index (χ1v) is 9.27. The fraction of sp³-hybridized carbons (Fsp3) is 0.364. The molecule has 6 heteroatoms. The smallest absolute Gasteiger partial charge is 0.410 e. The lowest BCUT2D eigenvalue weighted by Crippen LogP contribution is -2.40. The van der Waals surface area contributed by atoms with Crippen LogP contribution in [0.5, 0.6) is 5.75 Å². The summed E-state index contributed by atoms with van der Waals surface area (Å²) in [6, 6.07) is 13.0. The van der Waals surface area contributed by atoms with Crippen LogP contribution in [0.4, 0.5) is 4.79 Å². The predicted molar refractivity (Wildman–Crippen MR) is 105 cm³/mol. The molecular formula is C22H25NO5. The van der Waals surface area contributed by atoms with Crippen molar-refractivity contribution in [2.75, 3.05) is 6.54 Å². The Labute approximate surface area is 164 Å². The number of rotatable bonds is 4. The van der Waals surface area contributed by atoms with Crippen molar-refractivity contribution < 1.29 is 24.2 Å². The molecule has 0 unspecified atom stereocenters. The van der Waals surface area contributed by atoms with E-state index in [4.69, 9.17) is 9.47 Å². The number of benzene rings is 2. The number of carboxylic acid groups (broad SMARTS) is 1. The van der Waals surface area contributed by atoms with Gasteiger partial charge in [-0.2, -0.15) is 0 Å². The van der Waals surface area contributed by atoms with Gasteiger partial charge in [0.25, 0.3) is 0 Å². The zero-order valence-electron chi connectivity index (χ0n) is 16.4. The van der Waals surface area contributed by atoms with Gasteiger partial charge in [-0.15, -0.1) is 0 Å². The van der Waals surface area contributed by atoms with Gasteiger partial charge in [0.2, 0.25) is 0 Å². The Morgan fingerprint density at radius 3 is 2.43 bits per heavy atom. The van der Waals surface area contributed by atoms with Crippen molar-refractivity contribution in [3.05, 3.63) is 64.7 Å². The summed E-state index contributed by atoms with van der Waals surface area (Å²) < 4.78 is 11.4. The Bertz CT molecular complexity index is 870. The van der Waals surface area contributed by atoms with Crippen molar-refractivity contribution >= 4 is 12.1 Å². The molecule has 1 amide bonds. The van der Waals surface area contributed by atoms with E-state index in [2.05, 4.69) is 0 Å². The quantitative estimate of drug-likeness (QED) is 0.854. The molecule has 2 aromatic rings. The minimum Gasteiger partial charge on any atom is -0.489 e. The first-order valence-electron chi connectivity index (χ1n) is 9.27. The highest BCUT2D eigenvalue weighted by Crippen LogP contribution is 2.32. The first kappa shape index (κ1) is 19.7. The van der Waals surface area contributed by atoms with Crippen LogP contribution >= 0.6 is 0 Å². The summed E-state index contributed by atoms with van der Waals surface area (Å²) in [6.07, 6.45) is 0.0740. The molecule has 1 N–H and O–H groups in total. The molecule has 0 saturated heterocycles. The number of amides is 1. The summed E-state index contributed by atoms with van der Waals surface area (Å²) in [4.78, 5) is 25.7. The van der Waals surface area contributed by atoms with E-state index in [1.165, 1.54) is 0 Å². The van der Waals surface area contributed by atoms with Crippen LogP contribution in [0.25, 0.3) is 0 Å². The number of carboxylic acids is 1. The Kier molecular flexibility index (Phi) is 5.58. The van der Waals surface area contributed by atoms with Gasteiger partial charge in [-0.3, -0.25) is 0 Å². The molecule has 28 heavy (non-hydrogen) atoms. The van der Waals surface area contributed by atoms with Crippen molar-refractivity contribution in [3.8, 4) is 5.75 Å². The molecule has 1 heterocycles. The van der Waals surface area contributed by atoms with E-state index in [1.807, 2.05) is 30.3 Å². The van der Waals surface area contributed by atoms with Crippen LogP contribution in [0.1, 0.15) is 47.8 Å². The summed E-state index contributed by atoms with van der Waals surface area (Å²) in [5.41, 5.74) is 2.07. The molecule has 148 valence electrons. The molecule has 6 nitrogen and oxygen atoms in total. The minimum absolute atomic E-state index is 0.189. The van der Waals surface area contributed by atoms with Gasteiger partial charge in [0.05, 0.1) is 12.1 Å². The zero-order valence-corrected chi connectivity index (χ0v) is 16.4. The van der Waals surface area contributed by atoms with Crippen molar-refractivity contribution in [3.63, 3.8) is 0 Å². The lowest BCUT2D eigenvalue weighted by molar-refractivity contribution is 0.0220. The van der Waals surface area contributed by atoms with Gasteiger partial charge in [-0.25, -0.2) is 9.59 Å². The second kappa shape index (κ2) is 7.92. The molecule has 0 radical (unpaired) electrons. The Balaban J connectivity index is 1.84. The number of carbonyl (C=O) groups is 2.